The first-order valence-electron chi connectivity index (χ1n) is 12.9. The smallest absolute Gasteiger partial charge is 0.0598 e. The lowest BCUT2D eigenvalue weighted by atomic mass is 10.2. The highest BCUT2D eigenvalue weighted by atomic mass is 31.1. The van der Waals surface area contributed by atoms with Crippen molar-refractivity contribution in [2.24, 2.45) is 0 Å². The summed E-state index contributed by atoms with van der Waals surface area (Å²) >= 11 is 0. The Morgan fingerprint density at radius 2 is 0.576 bits per heavy atom. The molecule has 0 aromatic rings. The largest absolute Gasteiger partial charge is 0.376 e. The Bertz CT molecular complexity index is 400. The molecule has 0 radical (unpaired) electrons. The topological polar surface area (TPSA) is 36.9 Å². The second-order valence-electron chi connectivity index (χ2n) is 12.9. The van der Waals surface area contributed by atoms with Gasteiger partial charge >= 0.3 is 0 Å². The fourth-order valence-electron chi connectivity index (χ4n) is 3.11. The van der Waals surface area contributed by atoms with Crippen LogP contribution in [0.25, 0.3) is 0 Å². The predicted molar refractivity (Wildman–Crippen MR) is 150 cm³/mol. The number of hydrogen-bond donors (Lipinski definition) is 0. The molecule has 0 atom stereocenters. The molecule has 6 heteroatoms. The van der Waals surface area contributed by atoms with Crippen molar-refractivity contribution >= 4 is 15.8 Å². The van der Waals surface area contributed by atoms with Gasteiger partial charge in [0.05, 0.1) is 48.8 Å². The molecule has 0 aliphatic carbocycles. The molecule has 0 aromatic heterocycles. The number of hydrogen-bond acceptors (Lipinski definition) is 4. The van der Waals surface area contributed by atoms with Gasteiger partial charge in [-0.2, -0.15) is 0 Å². The van der Waals surface area contributed by atoms with Crippen LogP contribution in [-0.2, 0) is 18.9 Å². The van der Waals surface area contributed by atoms with Crippen LogP contribution < -0.4 is 0 Å². The van der Waals surface area contributed by atoms with Gasteiger partial charge in [-0.1, -0.05) is 0 Å². The zero-order valence-electron chi connectivity index (χ0n) is 24.3. The summed E-state index contributed by atoms with van der Waals surface area (Å²) in [5.41, 5.74) is -0.233. The molecule has 0 spiro atoms. The monoisotopic (exact) mass is 508 g/mol. The third kappa shape index (κ3) is 25.6. The quantitative estimate of drug-likeness (QED) is 0.201. The summed E-state index contributed by atoms with van der Waals surface area (Å²) in [6.45, 7) is 29.2. The molecular formula is C27H58O4P2. The Hall–Kier alpha value is 0.700. The van der Waals surface area contributed by atoms with Crippen LogP contribution in [0.3, 0.4) is 0 Å². The fourth-order valence-corrected chi connectivity index (χ4v) is 7.31. The number of ether oxygens (including phenoxy) is 4. The van der Waals surface area contributed by atoms with Crippen molar-refractivity contribution in [1.29, 1.82) is 0 Å². The van der Waals surface area contributed by atoms with Crippen LogP contribution in [0.2, 0.25) is 0 Å². The molecule has 0 N–H and O–H groups in total. The van der Waals surface area contributed by atoms with Crippen molar-refractivity contribution < 1.29 is 18.9 Å². The third-order valence-electron chi connectivity index (χ3n) is 4.72. The van der Waals surface area contributed by atoms with Gasteiger partial charge in [0, 0.05) is 0 Å². The van der Waals surface area contributed by atoms with Gasteiger partial charge < -0.3 is 18.9 Å². The van der Waals surface area contributed by atoms with Crippen molar-refractivity contribution in [3.8, 4) is 0 Å². The summed E-state index contributed by atoms with van der Waals surface area (Å²) in [5.74, 6) is 0. The molecule has 200 valence electrons. The van der Waals surface area contributed by atoms with E-state index in [1.807, 2.05) is 0 Å². The van der Waals surface area contributed by atoms with Gasteiger partial charge in [-0.3, -0.25) is 0 Å². The van der Waals surface area contributed by atoms with Gasteiger partial charge in [0.25, 0.3) is 0 Å². The molecule has 0 rings (SSSR count). The van der Waals surface area contributed by atoms with Gasteiger partial charge in [-0.25, -0.2) is 0 Å². The zero-order chi connectivity index (χ0) is 25.8. The van der Waals surface area contributed by atoms with Crippen molar-refractivity contribution in [3.05, 3.63) is 0 Å². The molecule has 0 aliphatic heterocycles. The molecule has 33 heavy (non-hydrogen) atoms. The lowest BCUT2D eigenvalue weighted by Crippen LogP contribution is -2.23. The van der Waals surface area contributed by atoms with Gasteiger partial charge in [-0.15, -0.1) is 15.8 Å². The number of rotatable bonds is 16. The first-order chi connectivity index (χ1) is 14.9. The molecule has 0 aliphatic rings. The summed E-state index contributed by atoms with van der Waals surface area (Å²) < 4.78 is 24.2. The molecular weight excluding hydrogens is 450 g/mol. The highest BCUT2D eigenvalue weighted by molar-refractivity contribution is 7.58. The lowest BCUT2D eigenvalue weighted by Gasteiger charge is -2.27. The summed E-state index contributed by atoms with van der Waals surface area (Å²) in [4.78, 5) is 0. The highest BCUT2D eigenvalue weighted by Crippen LogP contribution is 2.41. The minimum Gasteiger partial charge on any atom is -0.376 e. The van der Waals surface area contributed by atoms with Crippen molar-refractivity contribution in [1.82, 2.24) is 0 Å². The van der Waals surface area contributed by atoms with E-state index in [0.29, 0.717) is 0 Å². The molecule has 0 bridgehead atoms. The summed E-state index contributed by atoms with van der Waals surface area (Å²) in [7, 11) is -0.125. The molecule has 0 saturated heterocycles. The minimum atomic E-state index is -0.0624. The normalized spacial score (nSPS) is 14.0. The fraction of sp³-hybridized carbons (Fsp3) is 1.00. The molecule has 0 saturated carbocycles. The summed E-state index contributed by atoms with van der Waals surface area (Å²) in [6.07, 6.45) is 8.64. The van der Waals surface area contributed by atoms with Crippen molar-refractivity contribution in [2.45, 2.75) is 112 Å². The maximum absolute atomic E-state index is 6.05. The van der Waals surface area contributed by atoms with Crippen LogP contribution in [0.4, 0.5) is 0 Å². The zero-order valence-corrected chi connectivity index (χ0v) is 26.1. The SMILES string of the molecule is CC(C)(C)OCCP(CCCP(CCOC(C)(C)C)CCOC(C)(C)C)CCOC(C)(C)C. The predicted octanol–water partition coefficient (Wildman–Crippen LogP) is 7.60. The molecule has 0 aromatic carbocycles. The van der Waals surface area contributed by atoms with E-state index in [-0.39, 0.29) is 38.2 Å². The van der Waals surface area contributed by atoms with Gasteiger partial charge in [0.1, 0.15) is 0 Å². The molecule has 0 fully saturated rings. The summed E-state index contributed by atoms with van der Waals surface area (Å²) in [6, 6.07) is 0. The Morgan fingerprint density at radius 3 is 0.758 bits per heavy atom. The van der Waals surface area contributed by atoms with Gasteiger partial charge in [-0.05, 0) is 126 Å². The van der Waals surface area contributed by atoms with E-state index in [9.17, 15) is 0 Å². The van der Waals surface area contributed by atoms with E-state index in [1.165, 1.54) is 43.4 Å². The van der Waals surface area contributed by atoms with E-state index < -0.39 is 0 Å². The molecule has 4 nitrogen and oxygen atoms in total. The average Bonchev–Trinajstić information content (AvgIpc) is 2.56. The third-order valence-corrected chi connectivity index (χ3v) is 9.88. The standard InChI is InChI=1S/C27H58O4P2/c1-24(2,3)28-14-20-32(21-15-29-25(4,5)6)18-13-19-33(22-16-30-26(7,8)9)23-17-31-27(10,11)12/h13-23H2,1-12H3. The Balaban J connectivity index is 4.72. The Kier molecular flexibility index (Phi) is 16.1. The second-order valence-corrected chi connectivity index (χ2v) is 18.2. The van der Waals surface area contributed by atoms with Crippen LogP contribution in [0, 0.1) is 0 Å². The van der Waals surface area contributed by atoms with Crippen LogP contribution in [-0.4, -0.2) is 85.8 Å². The first kappa shape index (κ1) is 33.7. The van der Waals surface area contributed by atoms with Crippen molar-refractivity contribution in [3.63, 3.8) is 0 Å². The Labute approximate surface area is 210 Å². The molecule has 0 unspecified atom stereocenters. The van der Waals surface area contributed by atoms with E-state index in [2.05, 4.69) is 83.1 Å². The van der Waals surface area contributed by atoms with Crippen molar-refractivity contribution in [2.75, 3.05) is 63.4 Å². The first-order valence-corrected chi connectivity index (χ1v) is 16.7. The minimum absolute atomic E-state index is 0.0582. The van der Waals surface area contributed by atoms with Crippen LogP contribution in [0.5, 0.6) is 0 Å². The lowest BCUT2D eigenvalue weighted by molar-refractivity contribution is 0.00402. The van der Waals surface area contributed by atoms with Crippen LogP contribution in [0.15, 0.2) is 0 Å². The van der Waals surface area contributed by atoms with E-state index in [1.54, 1.807) is 0 Å². The van der Waals surface area contributed by atoms with Gasteiger partial charge in [0.2, 0.25) is 0 Å². The van der Waals surface area contributed by atoms with Crippen LogP contribution in [0.1, 0.15) is 89.5 Å². The maximum Gasteiger partial charge on any atom is 0.0598 e. The summed E-state index contributed by atoms with van der Waals surface area (Å²) in [5, 5.41) is 0. The Morgan fingerprint density at radius 1 is 0.364 bits per heavy atom. The second kappa shape index (κ2) is 15.7. The van der Waals surface area contributed by atoms with E-state index in [4.69, 9.17) is 18.9 Å². The molecule has 0 amide bonds. The maximum atomic E-state index is 6.05. The molecule has 0 heterocycles. The van der Waals surface area contributed by atoms with Gasteiger partial charge in [0.15, 0.2) is 0 Å². The van der Waals surface area contributed by atoms with Crippen LogP contribution >= 0.6 is 15.8 Å². The van der Waals surface area contributed by atoms with E-state index in [0.717, 1.165) is 26.4 Å². The highest BCUT2D eigenvalue weighted by Gasteiger charge is 2.18. The van der Waals surface area contributed by atoms with E-state index >= 15 is 0 Å². The average molecular weight is 509 g/mol.